The van der Waals surface area contributed by atoms with Gasteiger partial charge in [0, 0.05) is 0 Å². The Morgan fingerprint density at radius 2 is 2.11 bits per heavy atom. The van der Waals surface area contributed by atoms with Crippen molar-refractivity contribution < 1.29 is 13.2 Å². The standard InChI is InChI=1S/C3HF3N2S/c4-3(5,6)2-7-1-9-8-2/h1H. The Kier molecular flexibility index (Phi) is 1.40. The van der Waals surface area contributed by atoms with Crippen LogP contribution < -0.4 is 0 Å². The maximum absolute atomic E-state index is 11.5. The highest BCUT2D eigenvalue weighted by molar-refractivity contribution is 7.03. The van der Waals surface area contributed by atoms with Gasteiger partial charge in [0.1, 0.15) is 5.51 Å². The monoisotopic (exact) mass is 154 g/mol. The molecule has 1 aromatic rings. The van der Waals surface area contributed by atoms with Crippen molar-refractivity contribution in [3.05, 3.63) is 11.3 Å². The first-order chi connectivity index (χ1) is 4.11. The largest absolute Gasteiger partial charge is 0.452 e. The van der Waals surface area contributed by atoms with Crippen molar-refractivity contribution in [3.8, 4) is 0 Å². The maximum Gasteiger partial charge on any atom is 0.452 e. The number of rotatable bonds is 0. The molecule has 1 aromatic heterocycles. The van der Waals surface area contributed by atoms with Crippen LogP contribution in [0.15, 0.2) is 5.51 Å². The van der Waals surface area contributed by atoms with Crippen LogP contribution >= 0.6 is 11.5 Å². The van der Waals surface area contributed by atoms with E-state index in [2.05, 4.69) is 9.36 Å². The van der Waals surface area contributed by atoms with E-state index in [1.807, 2.05) is 0 Å². The molecule has 0 unspecified atom stereocenters. The summed E-state index contributed by atoms with van der Waals surface area (Å²) in [6, 6.07) is 0. The van der Waals surface area contributed by atoms with Gasteiger partial charge in [0.25, 0.3) is 0 Å². The summed E-state index contributed by atoms with van der Waals surface area (Å²) in [6.07, 6.45) is -4.39. The van der Waals surface area contributed by atoms with Crippen molar-refractivity contribution in [2.75, 3.05) is 0 Å². The minimum absolute atomic E-state index is 0.685. The van der Waals surface area contributed by atoms with Crippen LogP contribution in [0.4, 0.5) is 13.2 Å². The van der Waals surface area contributed by atoms with Crippen LogP contribution in [0.1, 0.15) is 5.82 Å². The number of hydrogen-bond donors (Lipinski definition) is 0. The molecule has 0 bridgehead atoms. The Labute approximate surface area is 52.5 Å². The second kappa shape index (κ2) is 1.94. The third-order valence-corrected chi connectivity index (χ3v) is 1.09. The highest BCUT2D eigenvalue weighted by Gasteiger charge is 2.34. The molecule has 1 heterocycles. The summed E-state index contributed by atoms with van der Waals surface area (Å²) >= 11 is 0.685. The van der Waals surface area contributed by atoms with Crippen molar-refractivity contribution in [2.45, 2.75) is 6.18 Å². The molecule has 2 nitrogen and oxygen atoms in total. The van der Waals surface area contributed by atoms with Crippen molar-refractivity contribution in [1.82, 2.24) is 9.36 Å². The van der Waals surface area contributed by atoms with Gasteiger partial charge in [-0.25, -0.2) is 4.98 Å². The van der Waals surface area contributed by atoms with E-state index in [1.165, 1.54) is 0 Å². The Morgan fingerprint density at radius 3 is 2.33 bits per heavy atom. The Bertz CT molecular complexity index is 179. The number of aromatic nitrogens is 2. The molecule has 0 aliphatic heterocycles. The van der Waals surface area contributed by atoms with Crippen LogP contribution in [0.2, 0.25) is 0 Å². The third-order valence-electron chi connectivity index (χ3n) is 0.615. The van der Waals surface area contributed by atoms with E-state index in [4.69, 9.17) is 0 Å². The van der Waals surface area contributed by atoms with E-state index in [0.29, 0.717) is 11.5 Å². The highest BCUT2D eigenvalue weighted by Crippen LogP contribution is 2.25. The van der Waals surface area contributed by atoms with E-state index in [9.17, 15) is 13.2 Å². The average Bonchev–Trinajstić information content (AvgIpc) is 2.08. The fraction of sp³-hybridized carbons (Fsp3) is 0.333. The van der Waals surface area contributed by atoms with E-state index < -0.39 is 12.0 Å². The second-order valence-corrected chi connectivity index (χ2v) is 1.86. The van der Waals surface area contributed by atoms with Gasteiger partial charge >= 0.3 is 6.18 Å². The lowest BCUT2D eigenvalue weighted by atomic mass is 10.6. The van der Waals surface area contributed by atoms with Crippen LogP contribution in [-0.2, 0) is 6.18 Å². The van der Waals surface area contributed by atoms with Gasteiger partial charge in [0.05, 0.1) is 0 Å². The third kappa shape index (κ3) is 1.38. The van der Waals surface area contributed by atoms with Crippen molar-refractivity contribution >= 4 is 11.5 Å². The molecule has 0 radical (unpaired) electrons. The van der Waals surface area contributed by atoms with Crippen molar-refractivity contribution in [1.29, 1.82) is 0 Å². The molecule has 9 heavy (non-hydrogen) atoms. The van der Waals surface area contributed by atoms with Gasteiger partial charge in [-0.2, -0.15) is 17.5 Å². The Morgan fingerprint density at radius 1 is 1.44 bits per heavy atom. The van der Waals surface area contributed by atoms with Gasteiger partial charge in [-0.15, -0.1) is 0 Å². The van der Waals surface area contributed by atoms with Gasteiger partial charge in [-0.1, -0.05) is 0 Å². The predicted octanol–water partition coefficient (Wildman–Crippen LogP) is 1.56. The van der Waals surface area contributed by atoms with Gasteiger partial charge in [0.2, 0.25) is 5.82 Å². The van der Waals surface area contributed by atoms with Crippen molar-refractivity contribution in [2.24, 2.45) is 0 Å². The summed E-state index contributed by atoms with van der Waals surface area (Å²) < 4.78 is 37.5. The molecular formula is C3HF3N2S. The summed E-state index contributed by atoms with van der Waals surface area (Å²) in [5.41, 5.74) is 1.04. The Balaban J connectivity index is 2.90. The number of hydrogen-bond acceptors (Lipinski definition) is 3. The molecule has 6 heteroatoms. The van der Waals surface area contributed by atoms with E-state index in [-0.39, 0.29) is 0 Å². The maximum atomic E-state index is 11.5. The van der Waals surface area contributed by atoms with Gasteiger partial charge in [-0.05, 0) is 11.5 Å². The van der Waals surface area contributed by atoms with Crippen LogP contribution in [-0.4, -0.2) is 9.36 Å². The lowest BCUT2D eigenvalue weighted by Crippen LogP contribution is -2.06. The lowest BCUT2D eigenvalue weighted by molar-refractivity contribution is -0.144. The van der Waals surface area contributed by atoms with Crippen LogP contribution in [0.25, 0.3) is 0 Å². The zero-order valence-corrected chi connectivity index (χ0v) is 4.83. The summed E-state index contributed by atoms with van der Waals surface area (Å²) in [5.74, 6) is -1.06. The molecule has 0 saturated carbocycles. The minimum atomic E-state index is -4.39. The number of alkyl halides is 3. The van der Waals surface area contributed by atoms with Crippen LogP contribution in [0.3, 0.4) is 0 Å². The van der Waals surface area contributed by atoms with Gasteiger partial charge in [-0.3, -0.25) is 0 Å². The molecule has 0 amide bonds. The quantitative estimate of drug-likeness (QED) is 0.566. The van der Waals surface area contributed by atoms with E-state index in [0.717, 1.165) is 5.51 Å². The molecule has 0 atom stereocenters. The predicted molar refractivity (Wildman–Crippen MR) is 24.9 cm³/mol. The smallest absolute Gasteiger partial charge is 0.220 e. The van der Waals surface area contributed by atoms with E-state index in [1.54, 1.807) is 0 Å². The number of nitrogens with zero attached hydrogens (tertiary/aromatic N) is 2. The van der Waals surface area contributed by atoms with Crippen LogP contribution in [0, 0.1) is 0 Å². The Hall–Kier alpha value is -0.650. The topological polar surface area (TPSA) is 25.8 Å². The summed E-state index contributed by atoms with van der Waals surface area (Å²) in [7, 11) is 0. The van der Waals surface area contributed by atoms with E-state index >= 15 is 0 Å². The number of halogens is 3. The molecule has 0 spiro atoms. The SMILES string of the molecule is FC(F)(F)c1ncsn1. The second-order valence-electron chi connectivity index (χ2n) is 1.25. The fourth-order valence-electron chi connectivity index (χ4n) is 0.296. The molecule has 1 rings (SSSR count). The molecule has 50 valence electrons. The molecule has 0 saturated heterocycles. The average molecular weight is 154 g/mol. The minimum Gasteiger partial charge on any atom is -0.220 e. The zero-order valence-electron chi connectivity index (χ0n) is 4.01. The molecule has 0 fully saturated rings. The molecule has 0 aliphatic rings. The van der Waals surface area contributed by atoms with Crippen molar-refractivity contribution in [3.63, 3.8) is 0 Å². The van der Waals surface area contributed by atoms with Crippen LogP contribution in [0.5, 0.6) is 0 Å². The fourth-order valence-corrected chi connectivity index (χ4v) is 0.740. The zero-order chi connectivity index (χ0) is 6.91. The highest BCUT2D eigenvalue weighted by atomic mass is 32.1. The molecule has 0 aliphatic carbocycles. The van der Waals surface area contributed by atoms with Gasteiger partial charge in [0.15, 0.2) is 0 Å². The molecule has 0 N–H and O–H groups in total. The normalized spacial score (nSPS) is 11.9. The molecule has 0 aromatic carbocycles. The van der Waals surface area contributed by atoms with Gasteiger partial charge < -0.3 is 0 Å². The summed E-state index contributed by atoms with van der Waals surface area (Å²) in [6.45, 7) is 0. The first kappa shape index (κ1) is 6.47. The molecular weight excluding hydrogens is 153 g/mol. The first-order valence-electron chi connectivity index (χ1n) is 1.94. The summed E-state index contributed by atoms with van der Waals surface area (Å²) in [4.78, 5) is 2.97. The summed E-state index contributed by atoms with van der Waals surface area (Å²) in [5, 5.41) is 0. The lowest BCUT2D eigenvalue weighted by Gasteiger charge is -1.96. The first-order valence-corrected chi connectivity index (χ1v) is 2.78.